The highest BCUT2D eigenvalue weighted by molar-refractivity contribution is 5.34. The van der Waals surface area contributed by atoms with Crippen molar-refractivity contribution >= 4 is 0 Å². The molecule has 0 amide bonds. The molecule has 1 aromatic carbocycles. The second kappa shape index (κ2) is 4.87. The summed E-state index contributed by atoms with van der Waals surface area (Å²) in [5.74, 6) is -1.15. The van der Waals surface area contributed by atoms with E-state index in [0.717, 1.165) is 17.7 Å². The van der Waals surface area contributed by atoms with Crippen LogP contribution in [0.4, 0.5) is 17.6 Å². The first kappa shape index (κ1) is 13.3. The number of halogens is 4. The van der Waals surface area contributed by atoms with E-state index in [-0.39, 0.29) is 11.6 Å². The number of alkyl halides is 3. The molecule has 0 aliphatic rings. The third-order valence-corrected chi connectivity index (χ3v) is 2.31. The fourth-order valence-corrected chi connectivity index (χ4v) is 1.47. The lowest BCUT2D eigenvalue weighted by Gasteiger charge is -2.10. The second-order valence-electron chi connectivity index (χ2n) is 3.95. The lowest BCUT2D eigenvalue weighted by atomic mass is 10.2. The minimum atomic E-state index is -4.62. The van der Waals surface area contributed by atoms with Gasteiger partial charge in [0.15, 0.2) is 0 Å². The summed E-state index contributed by atoms with van der Waals surface area (Å²) < 4.78 is 55.8. The molecule has 19 heavy (non-hydrogen) atoms. The monoisotopic (exact) mass is 271 g/mol. The molecule has 1 heterocycles. The Balaban J connectivity index is 2.33. The largest absolute Gasteiger partial charge is 0.439 e. The molecule has 0 N–H and O–H groups in total. The van der Waals surface area contributed by atoms with Crippen molar-refractivity contribution in [3.05, 3.63) is 53.5 Å². The highest BCUT2D eigenvalue weighted by Crippen LogP contribution is 2.33. The first-order valence-electron chi connectivity index (χ1n) is 5.33. The van der Waals surface area contributed by atoms with Crippen LogP contribution in [0, 0.1) is 12.7 Å². The van der Waals surface area contributed by atoms with E-state index in [4.69, 9.17) is 4.74 Å². The molecular weight excluding hydrogens is 262 g/mol. The SMILES string of the molecule is Cc1ccnc(Oc2cc(F)cc(C(F)(F)F)c2)c1. The van der Waals surface area contributed by atoms with Crippen LogP contribution in [-0.2, 0) is 6.18 Å². The zero-order valence-corrected chi connectivity index (χ0v) is 9.83. The van der Waals surface area contributed by atoms with Gasteiger partial charge in [0.05, 0.1) is 5.56 Å². The Labute approximate surface area is 106 Å². The highest BCUT2D eigenvalue weighted by atomic mass is 19.4. The Morgan fingerprint density at radius 2 is 1.84 bits per heavy atom. The van der Waals surface area contributed by atoms with Crippen LogP contribution in [0.25, 0.3) is 0 Å². The van der Waals surface area contributed by atoms with Crippen LogP contribution in [0.15, 0.2) is 36.5 Å². The molecule has 0 spiro atoms. The number of hydrogen-bond acceptors (Lipinski definition) is 2. The summed E-state index contributed by atoms with van der Waals surface area (Å²) in [7, 11) is 0. The van der Waals surface area contributed by atoms with E-state index < -0.39 is 17.6 Å². The maximum atomic E-state index is 13.1. The van der Waals surface area contributed by atoms with Crippen LogP contribution in [0.1, 0.15) is 11.1 Å². The van der Waals surface area contributed by atoms with Crippen LogP contribution in [0.2, 0.25) is 0 Å². The molecule has 2 aromatic rings. The number of hydrogen-bond donors (Lipinski definition) is 0. The van der Waals surface area contributed by atoms with Gasteiger partial charge in [0.1, 0.15) is 11.6 Å². The summed E-state index contributed by atoms with van der Waals surface area (Å²) in [5, 5.41) is 0. The molecule has 0 aliphatic heterocycles. The minimum absolute atomic E-state index is 0.110. The summed E-state index contributed by atoms with van der Waals surface area (Å²) in [6, 6.07) is 5.26. The number of rotatable bonds is 2. The molecule has 2 nitrogen and oxygen atoms in total. The second-order valence-corrected chi connectivity index (χ2v) is 3.95. The Morgan fingerprint density at radius 1 is 1.11 bits per heavy atom. The molecule has 6 heteroatoms. The number of nitrogens with zero attached hydrogens (tertiary/aromatic N) is 1. The molecule has 0 fully saturated rings. The number of pyridine rings is 1. The van der Waals surface area contributed by atoms with Crippen molar-refractivity contribution in [3.63, 3.8) is 0 Å². The molecule has 0 radical (unpaired) electrons. The standard InChI is InChI=1S/C13H9F4NO/c1-8-2-3-18-12(4-8)19-11-6-9(13(15,16)17)5-10(14)7-11/h2-7H,1H3. The number of aromatic nitrogens is 1. The van der Waals surface area contributed by atoms with Gasteiger partial charge in [-0.1, -0.05) is 0 Å². The smallest absolute Gasteiger partial charge is 0.416 e. The van der Waals surface area contributed by atoms with Crippen molar-refractivity contribution in [2.24, 2.45) is 0 Å². The summed E-state index contributed by atoms with van der Waals surface area (Å²) in [6.45, 7) is 1.78. The van der Waals surface area contributed by atoms with Crippen molar-refractivity contribution in [1.82, 2.24) is 4.98 Å². The van der Waals surface area contributed by atoms with Gasteiger partial charge in [-0.25, -0.2) is 9.37 Å². The van der Waals surface area contributed by atoms with Gasteiger partial charge < -0.3 is 4.74 Å². The summed E-state index contributed by atoms with van der Waals surface area (Å²) in [6.07, 6.45) is -3.17. The Kier molecular flexibility index (Phi) is 3.42. The predicted molar refractivity (Wildman–Crippen MR) is 60.5 cm³/mol. The first-order chi connectivity index (χ1) is 8.84. The van der Waals surface area contributed by atoms with Gasteiger partial charge in [0, 0.05) is 18.3 Å². The average Bonchev–Trinajstić information content (AvgIpc) is 2.26. The minimum Gasteiger partial charge on any atom is -0.439 e. The van der Waals surface area contributed by atoms with E-state index in [0.29, 0.717) is 6.07 Å². The summed E-state index contributed by atoms with van der Waals surface area (Å²) in [5.41, 5.74) is -0.271. The molecule has 0 aliphatic carbocycles. The van der Waals surface area contributed by atoms with E-state index in [1.54, 1.807) is 13.0 Å². The maximum Gasteiger partial charge on any atom is 0.416 e. The summed E-state index contributed by atoms with van der Waals surface area (Å²) >= 11 is 0. The van der Waals surface area contributed by atoms with E-state index in [1.165, 1.54) is 12.3 Å². The van der Waals surface area contributed by atoms with Crippen molar-refractivity contribution in [2.45, 2.75) is 13.1 Å². The lowest BCUT2D eigenvalue weighted by molar-refractivity contribution is -0.137. The molecule has 0 atom stereocenters. The Bertz CT molecular complexity index is 595. The highest BCUT2D eigenvalue weighted by Gasteiger charge is 2.31. The van der Waals surface area contributed by atoms with Crippen LogP contribution in [0.3, 0.4) is 0 Å². The van der Waals surface area contributed by atoms with Crippen LogP contribution in [-0.4, -0.2) is 4.98 Å². The van der Waals surface area contributed by atoms with Crippen LogP contribution in [0.5, 0.6) is 11.6 Å². The Morgan fingerprint density at radius 3 is 2.47 bits per heavy atom. The van der Waals surface area contributed by atoms with Crippen LogP contribution < -0.4 is 4.74 Å². The third kappa shape index (κ3) is 3.43. The third-order valence-electron chi connectivity index (χ3n) is 2.31. The van der Waals surface area contributed by atoms with E-state index in [9.17, 15) is 17.6 Å². The molecule has 0 saturated heterocycles. The van der Waals surface area contributed by atoms with Crippen molar-refractivity contribution < 1.29 is 22.3 Å². The molecular formula is C13H9F4NO. The maximum absolute atomic E-state index is 13.1. The van der Waals surface area contributed by atoms with Gasteiger partial charge in [-0.2, -0.15) is 13.2 Å². The van der Waals surface area contributed by atoms with Crippen LogP contribution >= 0.6 is 0 Å². The van der Waals surface area contributed by atoms with Gasteiger partial charge in [-0.15, -0.1) is 0 Å². The van der Waals surface area contributed by atoms with Gasteiger partial charge in [-0.3, -0.25) is 0 Å². The normalized spacial score (nSPS) is 11.4. The van der Waals surface area contributed by atoms with Gasteiger partial charge in [0.2, 0.25) is 5.88 Å². The van der Waals surface area contributed by atoms with Gasteiger partial charge >= 0.3 is 6.18 Å². The predicted octanol–water partition coefficient (Wildman–Crippen LogP) is 4.34. The number of ether oxygens (including phenoxy) is 1. The van der Waals surface area contributed by atoms with E-state index in [2.05, 4.69) is 4.98 Å². The number of benzene rings is 1. The fourth-order valence-electron chi connectivity index (χ4n) is 1.47. The zero-order chi connectivity index (χ0) is 14.0. The Hall–Kier alpha value is -2.11. The number of aryl methyl sites for hydroxylation is 1. The van der Waals surface area contributed by atoms with E-state index >= 15 is 0 Å². The zero-order valence-electron chi connectivity index (χ0n) is 9.83. The van der Waals surface area contributed by atoms with Crippen molar-refractivity contribution in [2.75, 3.05) is 0 Å². The fraction of sp³-hybridized carbons (Fsp3) is 0.154. The molecule has 0 unspecified atom stereocenters. The van der Waals surface area contributed by atoms with Crippen molar-refractivity contribution in [1.29, 1.82) is 0 Å². The van der Waals surface area contributed by atoms with E-state index in [1.807, 2.05) is 0 Å². The molecule has 2 rings (SSSR count). The van der Waals surface area contributed by atoms with Gasteiger partial charge in [-0.05, 0) is 30.7 Å². The lowest BCUT2D eigenvalue weighted by Crippen LogP contribution is -2.05. The average molecular weight is 271 g/mol. The van der Waals surface area contributed by atoms with Gasteiger partial charge in [0.25, 0.3) is 0 Å². The topological polar surface area (TPSA) is 22.1 Å². The molecule has 0 saturated carbocycles. The molecule has 1 aromatic heterocycles. The summed E-state index contributed by atoms with van der Waals surface area (Å²) in [4.78, 5) is 3.83. The molecule has 0 bridgehead atoms. The molecule has 100 valence electrons. The van der Waals surface area contributed by atoms with Crippen molar-refractivity contribution in [3.8, 4) is 11.6 Å². The quantitative estimate of drug-likeness (QED) is 0.758. The first-order valence-corrected chi connectivity index (χ1v) is 5.33.